The molecule has 0 N–H and O–H groups in total. The van der Waals surface area contributed by atoms with Crippen molar-refractivity contribution in [3.63, 3.8) is 0 Å². The maximum atomic E-state index is 11.0. The molecule has 0 aliphatic rings. The van der Waals surface area contributed by atoms with Gasteiger partial charge in [-0.2, -0.15) is 0 Å². The van der Waals surface area contributed by atoms with Crippen molar-refractivity contribution in [1.29, 1.82) is 0 Å². The second-order valence-electron chi connectivity index (χ2n) is 3.34. The molecule has 15 heavy (non-hydrogen) atoms. The van der Waals surface area contributed by atoms with Gasteiger partial charge in [0.25, 0.3) is 0 Å². The highest BCUT2D eigenvalue weighted by molar-refractivity contribution is 6.66. The number of rotatable bonds is 1. The summed E-state index contributed by atoms with van der Waals surface area (Å²) < 4.78 is 0. The van der Waals surface area contributed by atoms with Crippen molar-refractivity contribution in [2.45, 2.75) is 0 Å². The molecule has 2 nitrogen and oxygen atoms in total. The summed E-state index contributed by atoms with van der Waals surface area (Å²) in [5.41, 5.74) is 0.800. The van der Waals surface area contributed by atoms with Gasteiger partial charge in [-0.05, 0) is 34.5 Å². The van der Waals surface area contributed by atoms with Crippen LogP contribution in [0.25, 0.3) is 10.8 Å². The normalized spacial score (nSPS) is 10.3. The van der Waals surface area contributed by atoms with E-state index < -0.39 is 5.37 Å². The molecule has 0 saturated carbocycles. The van der Waals surface area contributed by atoms with Gasteiger partial charge in [0.1, 0.15) is 0 Å². The fraction of sp³-hybridized carbons (Fsp3) is 0.0833. The molecule has 0 unspecified atom stereocenters. The number of anilines is 1. The summed E-state index contributed by atoms with van der Waals surface area (Å²) >= 11 is 5.40. The molecule has 0 bridgehead atoms. The highest BCUT2D eigenvalue weighted by atomic mass is 35.5. The third kappa shape index (κ3) is 1.95. The van der Waals surface area contributed by atoms with E-state index in [1.54, 1.807) is 7.05 Å². The number of fused-ring (bicyclic) bond motifs is 1. The number of amides is 1. The fourth-order valence-corrected chi connectivity index (χ4v) is 1.58. The number of nitrogens with zero attached hydrogens (tertiary/aromatic N) is 1. The van der Waals surface area contributed by atoms with Gasteiger partial charge in [0, 0.05) is 12.7 Å². The second kappa shape index (κ2) is 3.91. The Hall–Kier alpha value is -1.54. The lowest BCUT2D eigenvalue weighted by Gasteiger charge is -2.13. The van der Waals surface area contributed by atoms with Gasteiger partial charge in [-0.3, -0.25) is 4.79 Å². The van der Waals surface area contributed by atoms with Crippen molar-refractivity contribution >= 4 is 33.4 Å². The minimum Gasteiger partial charge on any atom is -0.302 e. The molecule has 1 amide bonds. The predicted octanol–water partition coefficient (Wildman–Crippen LogP) is 3.63. The van der Waals surface area contributed by atoms with Crippen molar-refractivity contribution in [1.82, 2.24) is 0 Å². The molecule has 0 radical (unpaired) electrons. The first-order valence-electron chi connectivity index (χ1n) is 4.60. The molecule has 0 atom stereocenters. The maximum Gasteiger partial charge on any atom is 0.320 e. The molecular formula is C12H10ClNO. The molecule has 2 aromatic rings. The second-order valence-corrected chi connectivity index (χ2v) is 3.67. The Labute approximate surface area is 93.1 Å². The molecule has 0 aromatic heterocycles. The van der Waals surface area contributed by atoms with E-state index in [1.165, 1.54) is 4.90 Å². The van der Waals surface area contributed by atoms with E-state index in [1.807, 2.05) is 42.5 Å². The van der Waals surface area contributed by atoms with Gasteiger partial charge in [-0.15, -0.1) is 0 Å². The highest BCUT2D eigenvalue weighted by Crippen LogP contribution is 2.21. The van der Waals surface area contributed by atoms with Gasteiger partial charge in [0.2, 0.25) is 0 Å². The Kier molecular flexibility index (Phi) is 2.60. The number of hydrogen-bond donors (Lipinski definition) is 0. The molecule has 0 aliphatic heterocycles. The first-order valence-corrected chi connectivity index (χ1v) is 4.98. The van der Waals surface area contributed by atoms with E-state index in [-0.39, 0.29) is 0 Å². The third-order valence-electron chi connectivity index (χ3n) is 2.38. The molecular weight excluding hydrogens is 210 g/mol. The van der Waals surface area contributed by atoms with E-state index in [2.05, 4.69) is 0 Å². The highest BCUT2D eigenvalue weighted by Gasteiger charge is 2.07. The Bertz CT molecular complexity index is 510. The smallest absolute Gasteiger partial charge is 0.302 e. The monoisotopic (exact) mass is 219 g/mol. The summed E-state index contributed by atoms with van der Waals surface area (Å²) in [6, 6.07) is 13.8. The molecule has 2 rings (SSSR count). The van der Waals surface area contributed by atoms with Crippen molar-refractivity contribution in [2.75, 3.05) is 11.9 Å². The average molecular weight is 220 g/mol. The fourth-order valence-electron chi connectivity index (χ4n) is 1.49. The standard InChI is InChI=1S/C12H10ClNO/c1-14(12(13)15)11-7-6-9-4-2-3-5-10(9)8-11/h2-8H,1H3. The molecule has 76 valence electrons. The topological polar surface area (TPSA) is 20.3 Å². The largest absolute Gasteiger partial charge is 0.320 e. The van der Waals surface area contributed by atoms with Gasteiger partial charge in [-0.25, -0.2) is 0 Å². The Morgan fingerprint density at radius 3 is 2.47 bits per heavy atom. The van der Waals surface area contributed by atoms with E-state index in [0.29, 0.717) is 0 Å². The Morgan fingerprint density at radius 1 is 1.13 bits per heavy atom. The number of carbonyl (C=O) groups is 1. The van der Waals surface area contributed by atoms with Crippen molar-refractivity contribution in [2.24, 2.45) is 0 Å². The molecule has 2 aromatic carbocycles. The summed E-state index contributed by atoms with van der Waals surface area (Å²) in [5.74, 6) is 0. The molecule has 0 heterocycles. The zero-order chi connectivity index (χ0) is 10.8. The number of hydrogen-bond acceptors (Lipinski definition) is 1. The van der Waals surface area contributed by atoms with Gasteiger partial charge in [-0.1, -0.05) is 30.3 Å². The van der Waals surface area contributed by atoms with Crippen LogP contribution >= 0.6 is 11.6 Å². The number of halogens is 1. The minimum absolute atomic E-state index is 0.481. The van der Waals surface area contributed by atoms with Crippen LogP contribution in [0.3, 0.4) is 0 Å². The van der Waals surface area contributed by atoms with Crippen LogP contribution in [0.15, 0.2) is 42.5 Å². The first-order chi connectivity index (χ1) is 7.18. The Balaban J connectivity index is 2.51. The summed E-state index contributed by atoms with van der Waals surface area (Å²) in [6.07, 6.45) is 0. The van der Waals surface area contributed by atoms with E-state index in [9.17, 15) is 4.79 Å². The molecule has 0 fully saturated rings. The van der Waals surface area contributed by atoms with Crippen LogP contribution in [0, 0.1) is 0 Å². The zero-order valence-electron chi connectivity index (χ0n) is 8.27. The maximum absolute atomic E-state index is 11.0. The summed E-state index contributed by atoms with van der Waals surface area (Å²) in [6.45, 7) is 0. The molecule has 0 saturated heterocycles. The van der Waals surface area contributed by atoms with E-state index in [4.69, 9.17) is 11.6 Å². The van der Waals surface area contributed by atoms with Crippen LogP contribution in [0.1, 0.15) is 0 Å². The van der Waals surface area contributed by atoms with Crippen LogP contribution in [0.5, 0.6) is 0 Å². The first kappa shape index (κ1) is 9.99. The van der Waals surface area contributed by atoms with Crippen LogP contribution in [0.4, 0.5) is 10.5 Å². The zero-order valence-corrected chi connectivity index (χ0v) is 9.03. The predicted molar refractivity (Wildman–Crippen MR) is 63.6 cm³/mol. The van der Waals surface area contributed by atoms with Crippen LogP contribution in [-0.2, 0) is 0 Å². The van der Waals surface area contributed by atoms with Crippen molar-refractivity contribution in [3.05, 3.63) is 42.5 Å². The summed E-state index contributed by atoms with van der Waals surface area (Å²) in [7, 11) is 1.65. The number of carbonyl (C=O) groups excluding carboxylic acids is 1. The lowest BCUT2D eigenvalue weighted by molar-refractivity contribution is 0.265. The van der Waals surface area contributed by atoms with Gasteiger partial charge >= 0.3 is 5.37 Å². The van der Waals surface area contributed by atoms with Gasteiger partial charge < -0.3 is 4.90 Å². The molecule has 0 spiro atoms. The SMILES string of the molecule is CN(C(=O)Cl)c1ccc2ccccc2c1. The summed E-state index contributed by atoms with van der Waals surface area (Å²) in [5, 5.41) is 1.77. The van der Waals surface area contributed by atoms with Crippen molar-refractivity contribution < 1.29 is 4.79 Å². The quantitative estimate of drug-likeness (QED) is 0.530. The molecule has 0 aliphatic carbocycles. The van der Waals surface area contributed by atoms with Gasteiger partial charge in [0.15, 0.2) is 0 Å². The third-order valence-corrected chi connectivity index (χ3v) is 2.64. The lowest BCUT2D eigenvalue weighted by atomic mass is 10.1. The van der Waals surface area contributed by atoms with E-state index >= 15 is 0 Å². The minimum atomic E-state index is -0.481. The lowest BCUT2D eigenvalue weighted by Crippen LogP contribution is -2.19. The Morgan fingerprint density at radius 2 is 1.80 bits per heavy atom. The average Bonchev–Trinajstić information content (AvgIpc) is 2.27. The van der Waals surface area contributed by atoms with Gasteiger partial charge in [0.05, 0.1) is 0 Å². The van der Waals surface area contributed by atoms with Crippen LogP contribution < -0.4 is 4.90 Å². The van der Waals surface area contributed by atoms with E-state index in [0.717, 1.165) is 16.5 Å². The van der Waals surface area contributed by atoms with Crippen molar-refractivity contribution in [3.8, 4) is 0 Å². The number of benzene rings is 2. The summed E-state index contributed by atoms with van der Waals surface area (Å²) in [4.78, 5) is 12.4. The molecule has 3 heteroatoms. The van der Waals surface area contributed by atoms with Crippen LogP contribution in [0.2, 0.25) is 0 Å². The van der Waals surface area contributed by atoms with Crippen LogP contribution in [-0.4, -0.2) is 12.4 Å².